The van der Waals surface area contributed by atoms with Gasteiger partial charge < -0.3 is 10.2 Å². The Morgan fingerprint density at radius 3 is 2.70 bits per heavy atom. The molecule has 0 aromatic heterocycles. The van der Waals surface area contributed by atoms with Crippen molar-refractivity contribution in [1.29, 1.82) is 0 Å². The monoisotopic (exact) mass is 272 g/mol. The fraction of sp³-hybridized carbons (Fsp3) is 0.353. The number of allylic oxidation sites excluding steroid dienone is 3. The van der Waals surface area contributed by atoms with E-state index in [1.165, 1.54) is 0 Å². The Labute approximate surface area is 119 Å². The van der Waals surface area contributed by atoms with Crippen LogP contribution < -0.4 is 0 Å². The van der Waals surface area contributed by atoms with Crippen LogP contribution >= 0.6 is 0 Å². The average molecular weight is 272 g/mol. The van der Waals surface area contributed by atoms with Gasteiger partial charge in [-0.3, -0.25) is 4.79 Å². The molecular formula is C17H20O3. The highest BCUT2D eigenvalue weighted by Gasteiger charge is 2.26. The van der Waals surface area contributed by atoms with Gasteiger partial charge in [0.25, 0.3) is 0 Å². The van der Waals surface area contributed by atoms with Crippen LogP contribution in [0.2, 0.25) is 0 Å². The molecule has 2 N–H and O–H groups in total. The standard InChI is InChI=1S/C17H20O3/c1-17(2,20)15-8-6-13(7-9-15)16(19)14-5-3-4-12(10-14)11-18/h3-8,10,15,18,20H,9,11H2,1-2H3. The smallest absolute Gasteiger partial charge is 0.192 e. The van der Waals surface area contributed by atoms with Crippen molar-refractivity contribution in [2.45, 2.75) is 32.5 Å². The third-order valence-electron chi connectivity index (χ3n) is 3.64. The van der Waals surface area contributed by atoms with E-state index in [-0.39, 0.29) is 18.3 Å². The minimum Gasteiger partial charge on any atom is -0.392 e. The van der Waals surface area contributed by atoms with Crippen molar-refractivity contribution in [2.75, 3.05) is 0 Å². The molecule has 0 spiro atoms. The number of rotatable bonds is 4. The Balaban J connectivity index is 2.16. The molecule has 0 heterocycles. The van der Waals surface area contributed by atoms with E-state index in [0.717, 1.165) is 5.56 Å². The van der Waals surface area contributed by atoms with E-state index in [4.69, 9.17) is 5.11 Å². The lowest BCUT2D eigenvalue weighted by atomic mass is 9.83. The van der Waals surface area contributed by atoms with Gasteiger partial charge in [-0.2, -0.15) is 0 Å². The highest BCUT2D eigenvalue weighted by atomic mass is 16.3. The molecule has 0 amide bonds. The number of ketones is 1. The zero-order valence-corrected chi connectivity index (χ0v) is 11.8. The van der Waals surface area contributed by atoms with Gasteiger partial charge in [-0.05, 0) is 31.9 Å². The van der Waals surface area contributed by atoms with Gasteiger partial charge in [-0.25, -0.2) is 0 Å². The Morgan fingerprint density at radius 1 is 1.40 bits per heavy atom. The molecule has 3 nitrogen and oxygen atoms in total. The maximum absolute atomic E-state index is 12.4. The molecule has 0 fully saturated rings. The van der Waals surface area contributed by atoms with Crippen molar-refractivity contribution in [3.05, 3.63) is 59.2 Å². The molecule has 106 valence electrons. The molecule has 0 saturated carbocycles. The summed E-state index contributed by atoms with van der Waals surface area (Å²) < 4.78 is 0. The summed E-state index contributed by atoms with van der Waals surface area (Å²) >= 11 is 0. The van der Waals surface area contributed by atoms with Crippen molar-refractivity contribution in [1.82, 2.24) is 0 Å². The molecule has 1 aromatic carbocycles. The lowest BCUT2D eigenvalue weighted by Crippen LogP contribution is -2.30. The first-order valence-electron chi connectivity index (χ1n) is 6.77. The molecule has 1 aromatic rings. The summed E-state index contributed by atoms with van der Waals surface area (Å²) in [4.78, 5) is 12.4. The summed E-state index contributed by atoms with van der Waals surface area (Å²) in [5.74, 6) is -0.0198. The number of carbonyl (C=O) groups is 1. The molecule has 3 heteroatoms. The average Bonchev–Trinajstić information content (AvgIpc) is 2.46. The largest absolute Gasteiger partial charge is 0.392 e. The number of Topliss-reactive ketones (excluding diaryl/α,β-unsaturated/α-hetero) is 1. The fourth-order valence-corrected chi connectivity index (χ4v) is 2.29. The topological polar surface area (TPSA) is 57.5 Å². The molecule has 0 saturated heterocycles. The van der Waals surface area contributed by atoms with Gasteiger partial charge in [0.2, 0.25) is 0 Å². The maximum Gasteiger partial charge on any atom is 0.192 e. The third-order valence-corrected chi connectivity index (χ3v) is 3.64. The summed E-state index contributed by atoms with van der Waals surface area (Å²) in [6.07, 6.45) is 6.20. The van der Waals surface area contributed by atoms with Crippen LogP contribution in [0.1, 0.15) is 36.2 Å². The Kier molecular flexibility index (Phi) is 4.21. The van der Waals surface area contributed by atoms with Gasteiger partial charge in [0.15, 0.2) is 5.78 Å². The zero-order valence-electron chi connectivity index (χ0n) is 11.8. The molecule has 1 unspecified atom stereocenters. The van der Waals surface area contributed by atoms with Crippen LogP contribution in [0.4, 0.5) is 0 Å². The van der Waals surface area contributed by atoms with Crippen LogP contribution in [0, 0.1) is 5.92 Å². The van der Waals surface area contributed by atoms with Gasteiger partial charge in [-0.1, -0.05) is 36.4 Å². The van der Waals surface area contributed by atoms with Gasteiger partial charge in [0.1, 0.15) is 0 Å². The van der Waals surface area contributed by atoms with E-state index in [9.17, 15) is 9.90 Å². The van der Waals surface area contributed by atoms with Crippen LogP contribution in [0.25, 0.3) is 0 Å². The van der Waals surface area contributed by atoms with Crippen molar-refractivity contribution in [3.63, 3.8) is 0 Å². The third kappa shape index (κ3) is 3.24. The van der Waals surface area contributed by atoms with Crippen molar-refractivity contribution in [2.24, 2.45) is 5.92 Å². The van der Waals surface area contributed by atoms with E-state index in [1.54, 1.807) is 44.2 Å². The number of hydrogen-bond acceptors (Lipinski definition) is 3. The molecular weight excluding hydrogens is 252 g/mol. The lowest BCUT2D eigenvalue weighted by molar-refractivity contribution is 0.0375. The Morgan fingerprint density at radius 2 is 2.15 bits per heavy atom. The summed E-state index contributed by atoms with van der Waals surface area (Å²) in [6.45, 7) is 3.47. The summed E-state index contributed by atoms with van der Waals surface area (Å²) in [7, 11) is 0. The first kappa shape index (κ1) is 14.7. The van der Waals surface area contributed by atoms with E-state index in [1.807, 2.05) is 12.2 Å². The van der Waals surface area contributed by atoms with E-state index in [2.05, 4.69) is 0 Å². The molecule has 0 bridgehead atoms. The van der Waals surface area contributed by atoms with Crippen molar-refractivity contribution < 1.29 is 15.0 Å². The number of carbonyl (C=O) groups excluding carboxylic acids is 1. The number of aliphatic hydroxyl groups excluding tert-OH is 1. The number of aliphatic hydroxyl groups is 2. The van der Waals surface area contributed by atoms with Crippen LogP contribution in [0.15, 0.2) is 48.1 Å². The molecule has 20 heavy (non-hydrogen) atoms. The zero-order chi connectivity index (χ0) is 14.8. The second kappa shape index (κ2) is 5.73. The quantitative estimate of drug-likeness (QED) is 0.828. The molecule has 1 atom stereocenters. The summed E-state index contributed by atoms with van der Waals surface area (Å²) in [5, 5.41) is 19.1. The van der Waals surface area contributed by atoms with Gasteiger partial charge in [0, 0.05) is 17.1 Å². The summed E-state index contributed by atoms with van der Waals surface area (Å²) in [5.41, 5.74) is 1.17. The Hall–Kier alpha value is -1.71. The SMILES string of the molecule is CC(C)(O)C1C=CC(C(=O)c2cccc(CO)c2)=CC1. The van der Waals surface area contributed by atoms with E-state index >= 15 is 0 Å². The van der Waals surface area contributed by atoms with Crippen LogP contribution in [-0.4, -0.2) is 21.6 Å². The molecule has 1 aliphatic carbocycles. The number of benzene rings is 1. The second-order valence-electron chi connectivity index (χ2n) is 5.70. The van der Waals surface area contributed by atoms with E-state index in [0.29, 0.717) is 17.6 Å². The van der Waals surface area contributed by atoms with E-state index < -0.39 is 5.60 Å². The maximum atomic E-state index is 12.4. The van der Waals surface area contributed by atoms with Gasteiger partial charge >= 0.3 is 0 Å². The molecule has 0 aliphatic heterocycles. The van der Waals surface area contributed by atoms with Gasteiger partial charge in [-0.15, -0.1) is 0 Å². The molecule has 0 radical (unpaired) electrons. The highest BCUT2D eigenvalue weighted by Crippen LogP contribution is 2.27. The second-order valence-corrected chi connectivity index (χ2v) is 5.70. The summed E-state index contributed by atoms with van der Waals surface area (Å²) in [6, 6.07) is 7.01. The molecule has 1 aliphatic rings. The van der Waals surface area contributed by atoms with Crippen molar-refractivity contribution in [3.8, 4) is 0 Å². The van der Waals surface area contributed by atoms with Gasteiger partial charge in [0.05, 0.1) is 12.2 Å². The minimum absolute atomic E-state index is 0.0304. The predicted molar refractivity (Wildman–Crippen MR) is 78.3 cm³/mol. The van der Waals surface area contributed by atoms with Crippen molar-refractivity contribution >= 4 is 5.78 Å². The number of hydrogen-bond donors (Lipinski definition) is 2. The highest BCUT2D eigenvalue weighted by molar-refractivity contribution is 6.10. The first-order valence-corrected chi connectivity index (χ1v) is 6.77. The Bertz CT molecular complexity index is 562. The normalized spacial score (nSPS) is 18.8. The minimum atomic E-state index is -0.779. The predicted octanol–water partition coefficient (Wildman–Crippen LogP) is 2.64. The van der Waals surface area contributed by atoms with Crippen LogP contribution in [-0.2, 0) is 6.61 Å². The van der Waals surface area contributed by atoms with Crippen LogP contribution in [0.5, 0.6) is 0 Å². The van der Waals surface area contributed by atoms with Crippen LogP contribution in [0.3, 0.4) is 0 Å². The first-order chi connectivity index (χ1) is 9.41. The molecule has 2 rings (SSSR count). The lowest BCUT2D eigenvalue weighted by Gasteiger charge is -2.27. The fourth-order valence-electron chi connectivity index (χ4n) is 2.29.